The average molecular weight is 291 g/mol. The van der Waals surface area contributed by atoms with Crippen molar-refractivity contribution in [1.29, 1.82) is 0 Å². The van der Waals surface area contributed by atoms with Crippen LogP contribution < -0.4 is 0 Å². The Balaban J connectivity index is 2.22. The van der Waals surface area contributed by atoms with Gasteiger partial charge in [-0.2, -0.15) is 5.10 Å². The van der Waals surface area contributed by atoms with Gasteiger partial charge < -0.3 is 5.11 Å². The Kier molecular flexibility index (Phi) is 3.14. The number of aromatic nitrogens is 2. The lowest BCUT2D eigenvalue weighted by Gasteiger charge is -2.27. The largest absolute Gasteiger partial charge is 0.379 e. The van der Waals surface area contributed by atoms with Gasteiger partial charge in [0.15, 0.2) is 0 Å². The summed E-state index contributed by atoms with van der Waals surface area (Å²) in [6, 6.07) is 6.42. The van der Waals surface area contributed by atoms with E-state index >= 15 is 0 Å². The molecule has 1 unspecified atom stereocenters. The van der Waals surface area contributed by atoms with Crippen molar-refractivity contribution in [2.75, 3.05) is 0 Å². The molecule has 2 aromatic rings. The Morgan fingerprint density at radius 2 is 2.15 bits per heavy atom. The molecule has 1 heterocycles. The predicted octanol–water partition coefficient (Wildman–Crippen LogP) is 3.61. The zero-order chi connectivity index (χ0) is 14.5. The molecule has 1 aliphatic rings. The Hall–Kier alpha value is -1.32. The number of benzene rings is 1. The van der Waals surface area contributed by atoms with Gasteiger partial charge in [-0.1, -0.05) is 35.4 Å². The van der Waals surface area contributed by atoms with Crippen molar-refractivity contribution in [2.45, 2.75) is 45.3 Å². The third-order valence-electron chi connectivity index (χ3n) is 4.10. The van der Waals surface area contributed by atoms with Gasteiger partial charge in [0.05, 0.1) is 16.9 Å². The van der Waals surface area contributed by atoms with Gasteiger partial charge in [0.1, 0.15) is 5.60 Å². The minimum atomic E-state index is -1.03. The third kappa shape index (κ3) is 1.88. The van der Waals surface area contributed by atoms with Crippen LogP contribution in [0.3, 0.4) is 0 Å². The number of hydrogen-bond acceptors (Lipinski definition) is 2. The normalized spacial score (nSPS) is 21.5. The first-order chi connectivity index (χ1) is 9.43. The van der Waals surface area contributed by atoms with Crippen molar-refractivity contribution in [3.05, 3.63) is 51.8 Å². The Morgan fingerprint density at radius 3 is 2.85 bits per heavy atom. The molecule has 3 rings (SSSR count). The van der Waals surface area contributed by atoms with E-state index in [4.69, 9.17) is 11.6 Å². The molecule has 20 heavy (non-hydrogen) atoms. The Bertz CT molecular complexity index is 662. The first-order valence-electron chi connectivity index (χ1n) is 6.99. The fraction of sp³-hybridized carbons (Fsp3) is 0.438. The highest BCUT2D eigenvalue weighted by Gasteiger charge is 2.42. The second-order valence-corrected chi connectivity index (χ2v) is 6.31. The molecule has 0 saturated heterocycles. The quantitative estimate of drug-likeness (QED) is 0.917. The molecule has 1 atom stereocenters. The van der Waals surface area contributed by atoms with Gasteiger partial charge in [-0.25, -0.2) is 0 Å². The summed E-state index contributed by atoms with van der Waals surface area (Å²) in [5.74, 6) is 0. The van der Waals surface area contributed by atoms with E-state index in [1.165, 1.54) is 5.56 Å². The maximum absolute atomic E-state index is 11.3. The number of hydrogen-bond donors (Lipinski definition) is 1. The SMILES string of the molecule is Cc1ccc2c(c1)C(O)(c1c(Cl)cnn1C(C)C)CC2. The highest BCUT2D eigenvalue weighted by Crippen LogP contribution is 2.45. The van der Waals surface area contributed by atoms with Crippen molar-refractivity contribution in [2.24, 2.45) is 0 Å². The maximum atomic E-state index is 11.3. The van der Waals surface area contributed by atoms with Crippen molar-refractivity contribution in [3.63, 3.8) is 0 Å². The fourth-order valence-electron chi connectivity index (χ4n) is 3.11. The van der Waals surface area contributed by atoms with E-state index in [2.05, 4.69) is 23.3 Å². The number of aliphatic hydroxyl groups is 1. The minimum Gasteiger partial charge on any atom is -0.379 e. The van der Waals surface area contributed by atoms with E-state index in [0.29, 0.717) is 11.4 Å². The van der Waals surface area contributed by atoms with Crippen LogP contribution in [0, 0.1) is 6.92 Å². The average Bonchev–Trinajstić information content (AvgIpc) is 2.92. The van der Waals surface area contributed by atoms with Crippen LogP contribution in [-0.2, 0) is 12.0 Å². The van der Waals surface area contributed by atoms with Gasteiger partial charge in [-0.3, -0.25) is 4.68 Å². The zero-order valence-corrected chi connectivity index (χ0v) is 12.8. The third-order valence-corrected chi connectivity index (χ3v) is 4.38. The van der Waals surface area contributed by atoms with E-state index in [0.717, 1.165) is 23.2 Å². The summed E-state index contributed by atoms with van der Waals surface area (Å²) in [4.78, 5) is 0. The first-order valence-corrected chi connectivity index (χ1v) is 7.37. The standard InChI is InChI=1S/C16H19ClN2O/c1-10(2)19-15(14(17)9-18-19)16(20)7-6-12-5-4-11(3)8-13(12)16/h4-5,8-10,20H,6-7H2,1-3H3. The maximum Gasteiger partial charge on any atom is 0.133 e. The molecule has 1 aromatic heterocycles. The van der Waals surface area contributed by atoms with Gasteiger partial charge in [0.2, 0.25) is 0 Å². The molecule has 1 aromatic carbocycles. The highest BCUT2D eigenvalue weighted by molar-refractivity contribution is 6.31. The van der Waals surface area contributed by atoms with Crippen molar-refractivity contribution in [3.8, 4) is 0 Å². The van der Waals surface area contributed by atoms with Crippen LogP contribution in [0.1, 0.15) is 48.7 Å². The molecule has 4 heteroatoms. The Morgan fingerprint density at radius 1 is 1.40 bits per heavy atom. The molecule has 0 aliphatic heterocycles. The second-order valence-electron chi connectivity index (χ2n) is 5.90. The first kappa shape index (κ1) is 13.7. The molecule has 1 N–H and O–H groups in total. The summed E-state index contributed by atoms with van der Waals surface area (Å²) < 4.78 is 1.83. The minimum absolute atomic E-state index is 0.162. The fourth-order valence-corrected chi connectivity index (χ4v) is 3.40. The summed E-state index contributed by atoms with van der Waals surface area (Å²) in [6.45, 7) is 6.13. The van der Waals surface area contributed by atoms with E-state index in [1.807, 2.05) is 25.5 Å². The molecular formula is C16H19ClN2O. The van der Waals surface area contributed by atoms with Crippen molar-refractivity contribution >= 4 is 11.6 Å². The molecule has 0 bridgehead atoms. The summed E-state index contributed by atoms with van der Waals surface area (Å²) in [7, 11) is 0. The van der Waals surface area contributed by atoms with E-state index in [9.17, 15) is 5.11 Å². The summed E-state index contributed by atoms with van der Waals surface area (Å²) in [6.07, 6.45) is 3.15. The molecule has 0 radical (unpaired) electrons. The molecular weight excluding hydrogens is 272 g/mol. The molecule has 1 aliphatic carbocycles. The van der Waals surface area contributed by atoms with E-state index < -0.39 is 5.60 Å². The number of nitrogens with zero attached hydrogens (tertiary/aromatic N) is 2. The Labute approximate surface area is 124 Å². The van der Waals surface area contributed by atoms with Crippen molar-refractivity contribution < 1.29 is 5.11 Å². The summed E-state index contributed by atoms with van der Waals surface area (Å²) >= 11 is 6.32. The van der Waals surface area contributed by atoms with Crippen LogP contribution in [0.15, 0.2) is 24.4 Å². The van der Waals surface area contributed by atoms with Gasteiger partial charge in [-0.15, -0.1) is 0 Å². The number of halogens is 1. The predicted molar refractivity (Wildman–Crippen MR) is 80.1 cm³/mol. The highest BCUT2D eigenvalue weighted by atomic mass is 35.5. The van der Waals surface area contributed by atoms with Crippen LogP contribution in [-0.4, -0.2) is 14.9 Å². The van der Waals surface area contributed by atoms with Crippen LogP contribution in [0.2, 0.25) is 5.02 Å². The monoisotopic (exact) mass is 290 g/mol. The van der Waals surface area contributed by atoms with Gasteiger partial charge in [-0.05, 0) is 44.7 Å². The second kappa shape index (κ2) is 4.61. The van der Waals surface area contributed by atoms with Gasteiger partial charge in [0.25, 0.3) is 0 Å². The number of rotatable bonds is 2. The number of aryl methyl sites for hydroxylation is 2. The topological polar surface area (TPSA) is 38.1 Å². The lowest BCUT2D eigenvalue weighted by Crippen LogP contribution is -2.29. The molecule has 106 valence electrons. The van der Waals surface area contributed by atoms with Crippen molar-refractivity contribution in [1.82, 2.24) is 9.78 Å². The van der Waals surface area contributed by atoms with Crippen LogP contribution >= 0.6 is 11.6 Å². The molecule has 3 nitrogen and oxygen atoms in total. The molecule has 0 saturated carbocycles. The number of fused-ring (bicyclic) bond motifs is 1. The lowest BCUT2D eigenvalue weighted by atomic mass is 9.91. The lowest BCUT2D eigenvalue weighted by molar-refractivity contribution is 0.0714. The summed E-state index contributed by atoms with van der Waals surface area (Å²) in [5, 5.41) is 16.2. The van der Waals surface area contributed by atoms with E-state index in [-0.39, 0.29) is 6.04 Å². The zero-order valence-electron chi connectivity index (χ0n) is 12.0. The molecule has 0 spiro atoms. The molecule has 0 amide bonds. The van der Waals surface area contributed by atoms with Crippen LogP contribution in [0.25, 0.3) is 0 Å². The van der Waals surface area contributed by atoms with Gasteiger partial charge >= 0.3 is 0 Å². The van der Waals surface area contributed by atoms with Crippen LogP contribution in [0.5, 0.6) is 0 Å². The van der Waals surface area contributed by atoms with Crippen LogP contribution in [0.4, 0.5) is 0 Å². The smallest absolute Gasteiger partial charge is 0.133 e. The van der Waals surface area contributed by atoms with Gasteiger partial charge in [0, 0.05) is 6.04 Å². The summed E-state index contributed by atoms with van der Waals surface area (Å²) in [5.41, 5.74) is 3.01. The molecule has 0 fully saturated rings. The van der Waals surface area contributed by atoms with E-state index in [1.54, 1.807) is 6.20 Å².